The van der Waals surface area contributed by atoms with Gasteiger partial charge in [0.2, 0.25) is 0 Å². The number of amides is 1. The van der Waals surface area contributed by atoms with Gasteiger partial charge in [-0.15, -0.1) is 0 Å². The first kappa shape index (κ1) is 12.8. The molecule has 2 heteroatoms. The highest BCUT2D eigenvalue weighted by Gasteiger charge is 2.15. The SMILES string of the molecule is Cc1cc(C)c(C)c(C(=O)NC(C)C)c1C. The van der Waals surface area contributed by atoms with E-state index in [9.17, 15) is 4.79 Å². The lowest BCUT2D eigenvalue weighted by Crippen LogP contribution is -2.31. The molecule has 0 fully saturated rings. The van der Waals surface area contributed by atoms with Crippen molar-refractivity contribution < 1.29 is 4.79 Å². The van der Waals surface area contributed by atoms with Gasteiger partial charge in [-0.25, -0.2) is 0 Å². The molecule has 0 bridgehead atoms. The zero-order chi connectivity index (χ0) is 12.5. The van der Waals surface area contributed by atoms with Gasteiger partial charge in [0.1, 0.15) is 0 Å². The molecule has 0 unspecified atom stereocenters. The first-order valence-electron chi connectivity index (χ1n) is 5.72. The molecule has 1 aromatic rings. The molecule has 1 aromatic carbocycles. The Morgan fingerprint density at radius 2 is 1.50 bits per heavy atom. The molecule has 88 valence electrons. The average Bonchev–Trinajstić information content (AvgIpc) is 2.14. The Morgan fingerprint density at radius 1 is 1.06 bits per heavy atom. The van der Waals surface area contributed by atoms with Crippen molar-refractivity contribution in [3.8, 4) is 0 Å². The molecule has 0 spiro atoms. The third-order valence-electron chi connectivity index (χ3n) is 3.01. The molecule has 0 aliphatic heterocycles. The van der Waals surface area contributed by atoms with Crippen LogP contribution in [0, 0.1) is 27.7 Å². The highest BCUT2D eigenvalue weighted by atomic mass is 16.1. The van der Waals surface area contributed by atoms with E-state index in [4.69, 9.17) is 0 Å². The Labute approximate surface area is 98.1 Å². The second-order valence-electron chi connectivity index (χ2n) is 4.76. The maximum absolute atomic E-state index is 12.1. The van der Waals surface area contributed by atoms with Crippen molar-refractivity contribution in [2.75, 3.05) is 0 Å². The first-order chi connectivity index (χ1) is 7.34. The molecule has 0 radical (unpaired) electrons. The Bertz CT molecular complexity index is 393. The fraction of sp³-hybridized carbons (Fsp3) is 0.500. The van der Waals surface area contributed by atoms with Gasteiger partial charge in [-0.2, -0.15) is 0 Å². The lowest BCUT2D eigenvalue weighted by atomic mass is 9.93. The zero-order valence-corrected chi connectivity index (χ0v) is 11.1. The van der Waals surface area contributed by atoms with Crippen LogP contribution in [0.4, 0.5) is 0 Å². The number of nitrogens with one attached hydrogen (secondary N) is 1. The van der Waals surface area contributed by atoms with Crippen molar-refractivity contribution >= 4 is 5.91 Å². The second-order valence-corrected chi connectivity index (χ2v) is 4.76. The van der Waals surface area contributed by atoms with Crippen molar-refractivity contribution in [1.82, 2.24) is 5.32 Å². The molecule has 0 aliphatic carbocycles. The summed E-state index contributed by atoms with van der Waals surface area (Å²) in [5.41, 5.74) is 5.36. The highest BCUT2D eigenvalue weighted by Crippen LogP contribution is 2.21. The largest absolute Gasteiger partial charge is 0.350 e. The number of benzene rings is 1. The number of hydrogen-bond acceptors (Lipinski definition) is 1. The molecule has 1 N–H and O–H groups in total. The molecule has 2 nitrogen and oxygen atoms in total. The van der Waals surface area contributed by atoms with E-state index in [0.717, 1.165) is 16.7 Å². The van der Waals surface area contributed by atoms with Crippen molar-refractivity contribution in [3.63, 3.8) is 0 Å². The third kappa shape index (κ3) is 2.43. The van der Waals surface area contributed by atoms with E-state index in [1.165, 1.54) is 11.1 Å². The van der Waals surface area contributed by atoms with Gasteiger partial charge in [-0.05, 0) is 63.8 Å². The summed E-state index contributed by atoms with van der Waals surface area (Å²) in [5, 5.41) is 2.96. The Kier molecular flexibility index (Phi) is 3.74. The number of hydrogen-bond donors (Lipinski definition) is 1. The molecule has 16 heavy (non-hydrogen) atoms. The monoisotopic (exact) mass is 219 g/mol. The van der Waals surface area contributed by atoms with Crippen LogP contribution in [0.1, 0.15) is 46.5 Å². The van der Waals surface area contributed by atoms with Crippen molar-refractivity contribution in [2.45, 2.75) is 47.6 Å². The Hall–Kier alpha value is -1.31. The van der Waals surface area contributed by atoms with Crippen LogP contribution in [0.25, 0.3) is 0 Å². The minimum atomic E-state index is 0.0387. The van der Waals surface area contributed by atoms with E-state index in [-0.39, 0.29) is 11.9 Å². The molecule has 0 saturated heterocycles. The molecular formula is C14H21NO. The molecule has 0 aromatic heterocycles. The minimum absolute atomic E-state index is 0.0387. The summed E-state index contributed by atoms with van der Waals surface area (Å²) < 4.78 is 0. The number of rotatable bonds is 2. The summed E-state index contributed by atoms with van der Waals surface area (Å²) in [6, 6.07) is 2.31. The summed E-state index contributed by atoms with van der Waals surface area (Å²) in [6.45, 7) is 12.1. The standard InChI is InChI=1S/C14H21NO/c1-8(2)15-14(16)13-11(5)9(3)7-10(4)12(13)6/h7-8H,1-6H3,(H,15,16). The fourth-order valence-corrected chi connectivity index (χ4v) is 1.89. The van der Waals surface area contributed by atoms with Crippen LogP contribution in [0.15, 0.2) is 6.07 Å². The van der Waals surface area contributed by atoms with E-state index in [2.05, 4.69) is 11.4 Å². The normalized spacial score (nSPS) is 10.7. The van der Waals surface area contributed by atoms with Gasteiger partial charge in [-0.1, -0.05) is 6.07 Å². The van der Waals surface area contributed by atoms with Gasteiger partial charge in [-0.3, -0.25) is 4.79 Å². The molecule has 0 atom stereocenters. The van der Waals surface area contributed by atoms with Gasteiger partial charge in [0.05, 0.1) is 0 Å². The minimum Gasteiger partial charge on any atom is -0.350 e. The maximum atomic E-state index is 12.1. The first-order valence-corrected chi connectivity index (χ1v) is 5.72. The quantitative estimate of drug-likeness (QED) is 0.813. The van der Waals surface area contributed by atoms with Gasteiger partial charge >= 0.3 is 0 Å². The lowest BCUT2D eigenvalue weighted by molar-refractivity contribution is 0.0941. The summed E-state index contributed by atoms with van der Waals surface area (Å²) in [5.74, 6) is 0.0387. The predicted molar refractivity (Wildman–Crippen MR) is 68.0 cm³/mol. The van der Waals surface area contributed by atoms with Crippen LogP contribution in [-0.2, 0) is 0 Å². The summed E-state index contributed by atoms with van der Waals surface area (Å²) in [4.78, 5) is 12.1. The van der Waals surface area contributed by atoms with Crippen molar-refractivity contribution in [3.05, 3.63) is 33.9 Å². The van der Waals surface area contributed by atoms with E-state index in [1.807, 2.05) is 41.5 Å². The average molecular weight is 219 g/mol. The summed E-state index contributed by atoms with van der Waals surface area (Å²) >= 11 is 0. The van der Waals surface area contributed by atoms with Crippen LogP contribution in [0.2, 0.25) is 0 Å². The van der Waals surface area contributed by atoms with Crippen LogP contribution in [0.5, 0.6) is 0 Å². The maximum Gasteiger partial charge on any atom is 0.252 e. The van der Waals surface area contributed by atoms with Gasteiger partial charge in [0, 0.05) is 11.6 Å². The van der Waals surface area contributed by atoms with E-state index < -0.39 is 0 Å². The molecule has 0 aliphatic rings. The summed E-state index contributed by atoms with van der Waals surface area (Å²) in [6.07, 6.45) is 0. The molecule has 1 rings (SSSR count). The highest BCUT2D eigenvalue weighted by molar-refractivity contribution is 5.97. The molecule has 0 heterocycles. The van der Waals surface area contributed by atoms with Crippen LogP contribution >= 0.6 is 0 Å². The van der Waals surface area contributed by atoms with E-state index in [1.54, 1.807) is 0 Å². The Balaban J connectivity index is 3.27. The predicted octanol–water partition coefficient (Wildman–Crippen LogP) is 3.06. The number of carbonyl (C=O) groups is 1. The topological polar surface area (TPSA) is 29.1 Å². The van der Waals surface area contributed by atoms with Crippen molar-refractivity contribution in [1.29, 1.82) is 0 Å². The van der Waals surface area contributed by atoms with Gasteiger partial charge < -0.3 is 5.32 Å². The van der Waals surface area contributed by atoms with Crippen molar-refractivity contribution in [2.24, 2.45) is 0 Å². The zero-order valence-electron chi connectivity index (χ0n) is 11.1. The fourth-order valence-electron chi connectivity index (χ4n) is 1.89. The summed E-state index contributed by atoms with van der Waals surface area (Å²) in [7, 11) is 0. The third-order valence-corrected chi connectivity index (χ3v) is 3.01. The lowest BCUT2D eigenvalue weighted by Gasteiger charge is -2.16. The second kappa shape index (κ2) is 4.69. The van der Waals surface area contributed by atoms with E-state index >= 15 is 0 Å². The smallest absolute Gasteiger partial charge is 0.252 e. The number of carbonyl (C=O) groups excluding carboxylic acids is 1. The molecule has 1 amide bonds. The van der Waals surface area contributed by atoms with Gasteiger partial charge in [0.15, 0.2) is 0 Å². The Morgan fingerprint density at radius 3 is 1.88 bits per heavy atom. The van der Waals surface area contributed by atoms with Crippen LogP contribution in [-0.4, -0.2) is 11.9 Å². The van der Waals surface area contributed by atoms with Crippen LogP contribution in [0.3, 0.4) is 0 Å². The molecule has 0 saturated carbocycles. The van der Waals surface area contributed by atoms with Crippen LogP contribution < -0.4 is 5.32 Å². The molecular weight excluding hydrogens is 198 g/mol. The number of aryl methyl sites for hydroxylation is 2. The van der Waals surface area contributed by atoms with Gasteiger partial charge in [0.25, 0.3) is 5.91 Å². The van der Waals surface area contributed by atoms with E-state index in [0.29, 0.717) is 0 Å².